The predicted molar refractivity (Wildman–Crippen MR) is 105 cm³/mol. The number of hydrogen-bond donors (Lipinski definition) is 1. The van der Waals surface area contributed by atoms with Crippen LogP contribution in [0.2, 0.25) is 0 Å². The number of para-hydroxylation sites is 2. The van der Waals surface area contributed by atoms with E-state index >= 15 is 0 Å². The van der Waals surface area contributed by atoms with E-state index in [1.54, 1.807) is 6.92 Å². The standard InChI is InChI=1S/C22H29NO3/c1-5-18-10-6-8-12-20(18)26-17(4)22(24)23-14-15-25-21-13-9-7-11-19(21)16(2)3/h6-13,16-17H,5,14-15H2,1-4H3,(H,23,24)/t17-/m1/s1. The fourth-order valence-corrected chi connectivity index (χ4v) is 2.72. The van der Waals surface area contributed by atoms with Crippen molar-refractivity contribution in [2.45, 2.75) is 46.1 Å². The van der Waals surface area contributed by atoms with Crippen LogP contribution in [0.4, 0.5) is 0 Å². The van der Waals surface area contributed by atoms with E-state index in [4.69, 9.17) is 9.47 Å². The van der Waals surface area contributed by atoms with E-state index < -0.39 is 6.10 Å². The van der Waals surface area contributed by atoms with Crippen molar-refractivity contribution in [2.24, 2.45) is 0 Å². The van der Waals surface area contributed by atoms with Crippen molar-refractivity contribution in [1.82, 2.24) is 5.32 Å². The molecule has 26 heavy (non-hydrogen) atoms. The fourth-order valence-electron chi connectivity index (χ4n) is 2.72. The molecule has 0 saturated heterocycles. The molecule has 1 atom stereocenters. The molecule has 0 saturated carbocycles. The normalized spacial score (nSPS) is 11.9. The molecule has 0 aliphatic rings. The van der Waals surface area contributed by atoms with E-state index in [2.05, 4.69) is 32.2 Å². The molecule has 4 heteroatoms. The molecule has 0 aliphatic carbocycles. The molecule has 2 rings (SSSR count). The number of amides is 1. The second-order valence-electron chi connectivity index (χ2n) is 6.55. The van der Waals surface area contributed by atoms with Gasteiger partial charge in [-0.15, -0.1) is 0 Å². The van der Waals surface area contributed by atoms with Crippen LogP contribution in [-0.4, -0.2) is 25.2 Å². The van der Waals surface area contributed by atoms with Gasteiger partial charge in [-0.1, -0.05) is 57.2 Å². The van der Waals surface area contributed by atoms with Crippen molar-refractivity contribution < 1.29 is 14.3 Å². The van der Waals surface area contributed by atoms with Gasteiger partial charge in [0.1, 0.15) is 18.1 Å². The Morgan fingerprint density at radius 3 is 2.35 bits per heavy atom. The second-order valence-corrected chi connectivity index (χ2v) is 6.55. The lowest BCUT2D eigenvalue weighted by Crippen LogP contribution is -2.38. The average molecular weight is 355 g/mol. The highest BCUT2D eigenvalue weighted by Gasteiger charge is 2.15. The highest BCUT2D eigenvalue weighted by atomic mass is 16.5. The lowest BCUT2D eigenvalue weighted by atomic mass is 10.0. The summed E-state index contributed by atoms with van der Waals surface area (Å²) in [5, 5.41) is 2.87. The number of hydrogen-bond acceptors (Lipinski definition) is 3. The molecule has 1 amide bonds. The lowest BCUT2D eigenvalue weighted by Gasteiger charge is -2.17. The van der Waals surface area contributed by atoms with Gasteiger partial charge in [0.25, 0.3) is 5.91 Å². The Bertz CT molecular complexity index is 712. The molecular formula is C22H29NO3. The number of rotatable bonds is 9. The number of carbonyl (C=O) groups is 1. The second kappa shape index (κ2) is 9.85. The van der Waals surface area contributed by atoms with Gasteiger partial charge in [0.05, 0.1) is 6.54 Å². The van der Waals surface area contributed by atoms with Crippen LogP contribution in [0.15, 0.2) is 48.5 Å². The molecule has 0 unspecified atom stereocenters. The van der Waals surface area contributed by atoms with Gasteiger partial charge in [-0.2, -0.15) is 0 Å². The minimum absolute atomic E-state index is 0.142. The summed E-state index contributed by atoms with van der Waals surface area (Å²) in [4.78, 5) is 12.2. The van der Waals surface area contributed by atoms with Gasteiger partial charge < -0.3 is 14.8 Å². The first-order valence-electron chi connectivity index (χ1n) is 9.27. The maximum absolute atomic E-state index is 12.2. The first-order valence-corrected chi connectivity index (χ1v) is 9.27. The monoisotopic (exact) mass is 355 g/mol. The Labute approximate surface area is 156 Å². The minimum Gasteiger partial charge on any atom is -0.491 e. The molecule has 140 valence electrons. The van der Waals surface area contributed by atoms with Gasteiger partial charge in [-0.25, -0.2) is 0 Å². The van der Waals surface area contributed by atoms with Gasteiger partial charge in [0, 0.05) is 0 Å². The van der Waals surface area contributed by atoms with Crippen molar-refractivity contribution >= 4 is 5.91 Å². The number of aryl methyl sites for hydroxylation is 1. The largest absolute Gasteiger partial charge is 0.491 e. The van der Waals surface area contributed by atoms with Crippen molar-refractivity contribution in [3.8, 4) is 11.5 Å². The van der Waals surface area contributed by atoms with E-state index in [0.29, 0.717) is 19.1 Å². The van der Waals surface area contributed by atoms with Crippen molar-refractivity contribution in [2.75, 3.05) is 13.2 Å². The Morgan fingerprint density at radius 1 is 1.00 bits per heavy atom. The van der Waals surface area contributed by atoms with E-state index in [9.17, 15) is 4.79 Å². The van der Waals surface area contributed by atoms with Crippen LogP contribution in [0.3, 0.4) is 0 Å². The zero-order valence-corrected chi connectivity index (χ0v) is 16.1. The van der Waals surface area contributed by atoms with E-state index in [-0.39, 0.29) is 5.91 Å². The van der Waals surface area contributed by atoms with Crippen molar-refractivity contribution in [3.63, 3.8) is 0 Å². The average Bonchev–Trinajstić information content (AvgIpc) is 2.65. The summed E-state index contributed by atoms with van der Waals surface area (Å²) in [6.07, 6.45) is 0.318. The first kappa shape index (κ1) is 19.8. The molecular weight excluding hydrogens is 326 g/mol. The maximum atomic E-state index is 12.2. The highest BCUT2D eigenvalue weighted by Crippen LogP contribution is 2.25. The van der Waals surface area contributed by atoms with Crippen LogP contribution < -0.4 is 14.8 Å². The molecule has 0 aromatic heterocycles. The summed E-state index contributed by atoms with van der Waals surface area (Å²) in [7, 11) is 0. The topological polar surface area (TPSA) is 47.6 Å². The van der Waals surface area contributed by atoms with Crippen LogP contribution in [0.25, 0.3) is 0 Å². The molecule has 0 aliphatic heterocycles. The highest BCUT2D eigenvalue weighted by molar-refractivity contribution is 5.80. The fraction of sp³-hybridized carbons (Fsp3) is 0.409. The SMILES string of the molecule is CCc1ccccc1O[C@H](C)C(=O)NCCOc1ccccc1C(C)C. The lowest BCUT2D eigenvalue weighted by molar-refractivity contribution is -0.127. The van der Waals surface area contributed by atoms with Crippen LogP contribution in [0, 0.1) is 0 Å². The quantitative estimate of drug-likeness (QED) is 0.681. The molecule has 0 heterocycles. The molecule has 0 spiro atoms. The maximum Gasteiger partial charge on any atom is 0.260 e. The molecule has 1 N–H and O–H groups in total. The van der Waals surface area contributed by atoms with E-state index in [1.807, 2.05) is 42.5 Å². The Hall–Kier alpha value is -2.49. The molecule has 0 bridgehead atoms. The smallest absolute Gasteiger partial charge is 0.260 e. The third kappa shape index (κ3) is 5.51. The number of ether oxygens (including phenoxy) is 2. The zero-order chi connectivity index (χ0) is 18.9. The van der Waals surface area contributed by atoms with E-state index in [0.717, 1.165) is 23.5 Å². The Kier molecular flexibility index (Phi) is 7.52. The third-order valence-corrected chi connectivity index (χ3v) is 4.23. The van der Waals surface area contributed by atoms with Gasteiger partial charge in [0.2, 0.25) is 0 Å². The van der Waals surface area contributed by atoms with Crippen LogP contribution >= 0.6 is 0 Å². The first-order chi connectivity index (χ1) is 12.5. The molecule has 4 nitrogen and oxygen atoms in total. The zero-order valence-electron chi connectivity index (χ0n) is 16.1. The molecule has 2 aromatic rings. The Balaban J connectivity index is 1.80. The van der Waals surface area contributed by atoms with Crippen molar-refractivity contribution in [3.05, 3.63) is 59.7 Å². The summed E-state index contributed by atoms with van der Waals surface area (Å²) < 4.78 is 11.6. The van der Waals surface area contributed by atoms with Gasteiger partial charge in [-0.3, -0.25) is 4.79 Å². The minimum atomic E-state index is -0.550. The summed E-state index contributed by atoms with van der Waals surface area (Å²) in [6.45, 7) is 8.96. The number of carbonyl (C=O) groups excluding carboxylic acids is 1. The number of nitrogens with one attached hydrogen (secondary N) is 1. The molecule has 2 aromatic carbocycles. The summed E-state index contributed by atoms with van der Waals surface area (Å²) in [5.74, 6) is 1.89. The van der Waals surface area contributed by atoms with Gasteiger partial charge >= 0.3 is 0 Å². The van der Waals surface area contributed by atoms with Crippen LogP contribution in [0.5, 0.6) is 11.5 Å². The molecule has 0 fully saturated rings. The third-order valence-electron chi connectivity index (χ3n) is 4.23. The predicted octanol–water partition coefficient (Wildman–Crippen LogP) is 4.33. The van der Waals surface area contributed by atoms with E-state index in [1.165, 1.54) is 5.56 Å². The Morgan fingerprint density at radius 2 is 1.65 bits per heavy atom. The summed E-state index contributed by atoms with van der Waals surface area (Å²) in [5.41, 5.74) is 2.27. The van der Waals surface area contributed by atoms with Gasteiger partial charge in [-0.05, 0) is 42.5 Å². The summed E-state index contributed by atoms with van der Waals surface area (Å²) >= 11 is 0. The van der Waals surface area contributed by atoms with Crippen LogP contribution in [-0.2, 0) is 11.2 Å². The van der Waals surface area contributed by atoms with Crippen LogP contribution in [0.1, 0.15) is 44.7 Å². The van der Waals surface area contributed by atoms with Crippen molar-refractivity contribution in [1.29, 1.82) is 0 Å². The summed E-state index contributed by atoms with van der Waals surface area (Å²) in [6, 6.07) is 15.8. The van der Waals surface area contributed by atoms with Gasteiger partial charge in [0.15, 0.2) is 6.10 Å². The number of benzene rings is 2. The molecule has 0 radical (unpaired) electrons.